The van der Waals surface area contributed by atoms with Crippen molar-refractivity contribution in [1.82, 2.24) is 5.32 Å². The Kier molecular flexibility index (Phi) is 2.37. The minimum atomic E-state index is 0.390. The molecule has 1 atom stereocenters. The molecule has 2 aliphatic rings. The molecule has 0 bridgehead atoms. The van der Waals surface area contributed by atoms with Gasteiger partial charge < -0.3 is 10.4 Å². The third kappa shape index (κ3) is 2.13. The predicted molar refractivity (Wildman–Crippen MR) is 62.5 cm³/mol. The molecule has 3 heteroatoms. The van der Waals surface area contributed by atoms with Crippen molar-refractivity contribution in [1.29, 1.82) is 0 Å². The number of rotatable bonds is 2. The van der Waals surface area contributed by atoms with Crippen LogP contribution in [0.25, 0.3) is 0 Å². The molecular formula is C12H15NOS. The van der Waals surface area contributed by atoms with Crippen LogP contribution in [0.1, 0.15) is 18.4 Å². The summed E-state index contributed by atoms with van der Waals surface area (Å²) < 4.78 is 0. The maximum atomic E-state index is 9.44. The van der Waals surface area contributed by atoms with E-state index in [1.54, 1.807) is 6.07 Å². The Morgan fingerprint density at radius 2 is 2.13 bits per heavy atom. The highest BCUT2D eigenvalue weighted by molar-refractivity contribution is 7.99. The fourth-order valence-electron chi connectivity index (χ4n) is 2.07. The van der Waals surface area contributed by atoms with Gasteiger partial charge in [-0.15, -0.1) is 11.8 Å². The molecule has 1 aliphatic heterocycles. The number of nitrogens with one attached hydrogen (secondary N) is 1. The summed E-state index contributed by atoms with van der Waals surface area (Å²) in [4.78, 5) is 1.33. The molecule has 0 spiro atoms. The summed E-state index contributed by atoms with van der Waals surface area (Å²) in [7, 11) is 0. The summed E-state index contributed by atoms with van der Waals surface area (Å²) in [6.07, 6.45) is 3.75. The molecule has 80 valence electrons. The van der Waals surface area contributed by atoms with E-state index in [4.69, 9.17) is 0 Å². The molecule has 0 saturated heterocycles. The van der Waals surface area contributed by atoms with Crippen LogP contribution in [0.4, 0.5) is 0 Å². The summed E-state index contributed by atoms with van der Waals surface area (Å²) in [5.41, 5.74) is 1.30. The standard InChI is InChI=1S/C12H15NOS/c14-11-3-4-12-8(6-11)5-10(7-15-12)13-9-1-2-9/h3-4,6,9-10,13-14H,1-2,5,7H2. The Balaban J connectivity index is 1.75. The molecule has 1 aliphatic carbocycles. The normalized spacial score (nSPS) is 24.9. The van der Waals surface area contributed by atoms with Crippen molar-refractivity contribution in [2.24, 2.45) is 0 Å². The lowest BCUT2D eigenvalue weighted by atomic mass is 10.1. The molecule has 1 aromatic rings. The molecule has 1 saturated carbocycles. The zero-order valence-electron chi connectivity index (χ0n) is 8.57. The highest BCUT2D eigenvalue weighted by atomic mass is 32.2. The third-order valence-corrected chi connectivity index (χ3v) is 4.28. The number of fused-ring (bicyclic) bond motifs is 1. The summed E-state index contributed by atoms with van der Waals surface area (Å²) in [6, 6.07) is 7.08. The number of aromatic hydroxyl groups is 1. The quantitative estimate of drug-likeness (QED) is 0.802. The van der Waals surface area contributed by atoms with Crippen molar-refractivity contribution in [2.75, 3.05) is 5.75 Å². The van der Waals surface area contributed by atoms with E-state index >= 15 is 0 Å². The zero-order chi connectivity index (χ0) is 10.3. The van der Waals surface area contributed by atoms with E-state index in [0.29, 0.717) is 11.8 Å². The number of hydrogen-bond acceptors (Lipinski definition) is 3. The minimum Gasteiger partial charge on any atom is -0.508 e. The summed E-state index contributed by atoms with van der Waals surface area (Å²) >= 11 is 1.90. The lowest BCUT2D eigenvalue weighted by molar-refractivity contribution is 0.472. The molecular weight excluding hydrogens is 206 g/mol. The second-order valence-corrected chi connectivity index (χ2v) is 5.51. The van der Waals surface area contributed by atoms with E-state index in [0.717, 1.165) is 18.2 Å². The second kappa shape index (κ2) is 3.72. The Morgan fingerprint density at radius 1 is 1.27 bits per heavy atom. The molecule has 2 N–H and O–H groups in total. The molecule has 1 heterocycles. The van der Waals surface area contributed by atoms with Crippen LogP contribution in [0.2, 0.25) is 0 Å². The summed E-state index contributed by atoms with van der Waals surface area (Å²) in [6.45, 7) is 0. The Morgan fingerprint density at radius 3 is 2.93 bits per heavy atom. The monoisotopic (exact) mass is 221 g/mol. The molecule has 0 radical (unpaired) electrons. The number of phenolic OH excluding ortho intramolecular Hbond substituents is 1. The van der Waals surface area contributed by atoms with Gasteiger partial charge in [0.25, 0.3) is 0 Å². The molecule has 1 fully saturated rings. The first-order valence-electron chi connectivity index (χ1n) is 5.52. The van der Waals surface area contributed by atoms with Gasteiger partial charge in [-0.3, -0.25) is 0 Å². The lowest BCUT2D eigenvalue weighted by Gasteiger charge is -2.25. The van der Waals surface area contributed by atoms with E-state index < -0.39 is 0 Å². The molecule has 1 aromatic carbocycles. The molecule has 15 heavy (non-hydrogen) atoms. The maximum Gasteiger partial charge on any atom is 0.115 e. The van der Waals surface area contributed by atoms with Crippen molar-refractivity contribution in [3.05, 3.63) is 23.8 Å². The van der Waals surface area contributed by atoms with Crippen LogP contribution in [0.5, 0.6) is 5.75 Å². The van der Waals surface area contributed by atoms with Gasteiger partial charge in [-0.05, 0) is 43.0 Å². The average molecular weight is 221 g/mol. The van der Waals surface area contributed by atoms with Crippen LogP contribution < -0.4 is 5.32 Å². The largest absolute Gasteiger partial charge is 0.508 e. The van der Waals surface area contributed by atoms with Crippen LogP contribution in [-0.4, -0.2) is 22.9 Å². The maximum absolute atomic E-state index is 9.44. The van der Waals surface area contributed by atoms with Gasteiger partial charge in [0, 0.05) is 22.7 Å². The van der Waals surface area contributed by atoms with Crippen molar-refractivity contribution >= 4 is 11.8 Å². The molecule has 3 rings (SSSR count). The fourth-order valence-corrected chi connectivity index (χ4v) is 3.16. The van der Waals surface area contributed by atoms with Crippen molar-refractivity contribution in [2.45, 2.75) is 36.2 Å². The average Bonchev–Trinajstić information content (AvgIpc) is 3.01. The minimum absolute atomic E-state index is 0.390. The number of benzene rings is 1. The second-order valence-electron chi connectivity index (χ2n) is 4.45. The van der Waals surface area contributed by atoms with E-state index in [-0.39, 0.29) is 0 Å². The van der Waals surface area contributed by atoms with Crippen LogP contribution >= 0.6 is 11.8 Å². The van der Waals surface area contributed by atoms with E-state index in [1.165, 1.54) is 23.3 Å². The first-order chi connectivity index (χ1) is 7.31. The number of thioether (sulfide) groups is 1. The molecule has 1 unspecified atom stereocenters. The van der Waals surface area contributed by atoms with Crippen molar-refractivity contribution < 1.29 is 5.11 Å². The van der Waals surface area contributed by atoms with Crippen molar-refractivity contribution in [3.63, 3.8) is 0 Å². The molecule has 0 aromatic heterocycles. The van der Waals surface area contributed by atoms with E-state index in [2.05, 4.69) is 5.32 Å². The van der Waals surface area contributed by atoms with E-state index in [1.807, 2.05) is 23.9 Å². The Bertz CT molecular complexity index is 376. The van der Waals surface area contributed by atoms with Gasteiger partial charge in [-0.1, -0.05) is 0 Å². The van der Waals surface area contributed by atoms with Gasteiger partial charge >= 0.3 is 0 Å². The van der Waals surface area contributed by atoms with Gasteiger partial charge in [0.05, 0.1) is 0 Å². The van der Waals surface area contributed by atoms with Gasteiger partial charge in [-0.25, -0.2) is 0 Å². The van der Waals surface area contributed by atoms with Crippen molar-refractivity contribution in [3.8, 4) is 5.75 Å². The lowest BCUT2D eigenvalue weighted by Crippen LogP contribution is -2.36. The Hall–Kier alpha value is -0.670. The number of phenols is 1. The predicted octanol–water partition coefficient (Wildman–Crippen LogP) is 2.16. The van der Waals surface area contributed by atoms with Crippen LogP contribution in [0, 0.1) is 0 Å². The molecule has 2 nitrogen and oxygen atoms in total. The van der Waals surface area contributed by atoms with E-state index in [9.17, 15) is 5.11 Å². The smallest absolute Gasteiger partial charge is 0.115 e. The van der Waals surface area contributed by atoms with Crippen LogP contribution in [0.3, 0.4) is 0 Å². The SMILES string of the molecule is Oc1ccc2c(c1)CC(NC1CC1)CS2. The fraction of sp³-hybridized carbons (Fsp3) is 0.500. The zero-order valence-corrected chi connectivity index (χ0v) is 9.39. The Labute approximate surface area is 94.1 Å². The van der Waals surface area contributed by atoms with Crippen LogP contribution in [0.15, 0.2) is 23.1 Å². The third-order valence-electron chi connectivity index (χ3n) is 3.00. The summed E-state index contributed by atoms with van der Waals surface area (Å²) in [5.74, 6) is 1.55. The molecule has 0 amide bonds. The van der Waals surface area contributed by atoms with Gasteiger partial charge in [0.15, 0.2) is 0 Å². The van der Waals surface area contributed by atoms with Gasteiger partial charge in [0.1, 0.15) is 5.75 Å². The van der Waals surface area contributed by atoms with Gasteiger partial charge in [-0.2, -0.15) is 0 Å². The van der Waals surface area contributed by atoms with Gasteiger partial charge in [0.2, 0.25) is 0 Å². The topological polar surface area (TPSA) is 32.3 Å². The first-order valence-corrected chi connectivity index (χ1v) is 6.50. The highest BCUT2D eigenvalue weighted by Gasteiger charge is 2.27. The first kappa shape index (κ1) is 9.55. The number of hydrogen-bond donors (Lipinski definition) is 2. The highest BCUT2D eigenvalue weighted by Crippen LogP contribution is 2.33. The summed E-state index contributed by atoms with van der Waals surface area (Å²) in [5, 5.41) is 13.1. The van der Waals surface area contributed by atoms with Crippen LogP contribution in [-0.2, 0) is 6.42 Å².